The molecule has 1 fully saturated rings. The number of aryl methyl sites for hydroxylation is 1. The molecule has 0 aromatic heterocycles. The molecule has 0 radical (unpaired) electrons. The Labute approximate surface area is 111 Å². The van der Waals surface area contributed by atoms with Crippen LogP contribution in [-0.2, 0) is 0 Å². The average Bonchev–Trinajstić information content (AvgIpc) is 2.33. The van der Waals surface area contributed by atoms with Gasteiger partial charge in [-0.2, -0.15) is 13.2 Å². The molecule has 1 aromatic rings. The molecule has 106 valence electrons. The smallest absolute Gasteiger partial charge is 0.401 e. The highest BCUT2D eigenvalue weighted by molar-refractivity contribution is 5.26. The lowest BCUT2D eigenvalue weighted by Gasteiger charge is -2.32. The molecule has 2 nitrogen and oxygen atoms in total. The standard InChI is InChI=1S/C14H18F3NO/c1-11-2-4-12(5-3-11)19-13-6-8-18(9-7-13)10-14(15,16)17/h2-5,13H,6-10H2,1H3. The molecule has 2 rings (SSSR count). The summed E-state index contributed by atoms with van der Waals surface area (Å²) in [5.41, 5.74) is 1.16. The Bertz CT molecular complexity index is 394. The molecule has 0 bridgehead atoms. The molecular formula is C14H18F3NO. The van der Waals surface area contributed by atoms with E-state index in [1.807, 2.05) is 31.2 Å². The fourth-order valence-electron chi connectivity index (χ4n) is 2.25. The summed E-state index contributed by atoms with van der Waals surface area (Å²) in [6, 6.07) is 7.73. The number of likely N-dealkylation sites (tertiary alicyclic amines) is 1. The van der Waals surface area contributed by atoms with E-state index in [-0.39, 0.29) is 6.10 Å². The Hall–Kier alpha value is -1.23. The summed E-state index contributed by atoms with van der Waals surface area (Å²) in [6.07, 6.45) is -2.80. The van der Waals surface area contributed by atoms with Gasteiger partial charge < -0.3 is 4.74 Å². The molecule has 5 heteroatoms. The number of halogens is 3. The first kappa shape index (κ1) is 14.2. The highest BCUT2D eigenvalue weighted by Crippen LogP contribution is 2.22. The molecule has 1 heterocycles. The maximum absolute atomic E-state index is 12.2. The molecule has 1 aromatic carbocycles. The zero-order valence-electron chi connectivity index (χ0n) is 10.9. The highest BCUT2D eigenvalue weighted by atomic mass is 19.4. The second-order valence-corrected chi connectivity index (χ2v) is 5.02. The minimum atomic E-state index is -4.11. The zero-order chi connectivity index (χ0) is 13.9. The van der Waals surface area contributed by atoms with Gasteiger partial charge in [-0.05, 0) is 31.9 Å². The SMILES string of the molecule is Cc1ccc(OC2CCN(CC(F)(F)F)CC2)cc1. The van der Waals surface area contributed by atoms with Crippen LogP contribution in [-0.4, -0.2) is 36.8 Å². The summed E-state index contributed by atoms with van der Waals surface area (Å²) in [5.74, 6) is 0.792. The molecule has 19 heavy (non-hydrogen) atoms. The second-order valence-electron chi connectivity index (χ2n) is 5.02. The first-order valence-corrected chi connectivity index (χ1v) is 6.45. The van der Waals surface area contributed by atoms with E-state index in [9.17, 15) is 13.2 Å². The average molecular weight is 273 g/mol. The molecule has 0 unspecified atom stereocenters. The Morgan fingerprint density at radius 2 is 1.74 bits per heavy atom. The number of alkyl halides is 3. The van der Waals surface area contributed by atoms with Crippen molar-refractivity contribution in [3.05, 3.63) is 29.8 Å². The van der Waals surface area contributed by atoms with Gasteiger partial charge in [0.15, 0.2) is 0 Å². The molecule has 1 aliphatic rings. The van der Waals surface area contributed by atoms with Gasteiger partial charge in [-0.1, -0.05) is 17.7 Å². The largest absolute Gasteiger partial charge is 0.490 e. The van der Waals surface area contributed by atoms with Gasteiger partial charge in [0.1, 0.15) is 11.9 Å². The van der Waals surface area contributed by atoms with Crippen molar-refractivity contribution in [2.24, 2.45) is 0 Å². The van der Waals surface area contributed by atoms with Gasteiger partial charge in [-0.3, -0.25) is 4.90 Å². The van der Waals surface area contributed by atoms with Crippen LogP contribution in [0.25, 0.3) is 0 Å². The fourth-order valence-corrected chi connectivity index (χ4v) is 2.25. The Morgan fingerprint density at radius 3 is 2.26 bits per heavy atom. The summed E-state index contributed by atoms with van der Waals surface area (Å²) < 4.78 is 42.5. The fraction of sp³-hybridized carbons (Fsp3) is 0.571. The predicted molar refractivity (Wildman–Crippen MR) is 67.3 cm³/mol. The van der Waals surface area contributed by atoms with Gasteiger partial charge in [-0.15, -0.1) is 0 Å². The lowest BCUT2D eigenvalue weighted by atomic mass is 10.1. The monoisotopic (exact) mass is 273 g/mol. The van der Waals surface area contributed by atoms with Crippen molar-refractivity contribution in [1.82, 2.24) is 4.90 Å². The summed E-state index contributed by atoms with van der Waals surface area (Å²) in [4.78, 5) is 1.44. The van der Waals surface area contributed by atoms with Crippen LogP contribution in [0.1, 0.15) is 18.4 Å². The molecule has 0 saturated carbocycles. The lowest BCUT2D eigenvalue weighted by Crippen LogP contribution is -2.42. The predicted octanol–water partition coefficient (Wildman–Crippen LogP) is 3.40. The summed E-state index contributed by atoms with van der Waals surface area (Å²) in [5, 5.41) is 0. The zero-order valence-corrected chi connectivity index (χ0v) is 10.9. The quantitative estimate of drug-likeness (QED) is 0.837. The number of hydrogen-bond acceptors (Lipinski definition) is 2. The molecule has 0 aliphatic carbocycles. The van der Waals surface area contributed by atoms with E-state index in [1.54, 1.807) is 0 Å². The Morgan fingerprint density at radius 1 is 1.16 bits per heavy atom. The summed E-state index contributed by atoms with van der Waals surface area (Å²) in [7, 11) is 0. The number of ether oxygens (including phenoxy) is 1. The van der Waals surface area contributed by atoms with Crippen molar-refractivity contribution in [2.75, 3.05) is 19.6 Å². The van der Waals surface area contributed by atoms with E-state index < -0.39 is 12.7 Å². The van der Waals surface area contributed by atoms with E-state index in [1.165, 1.54) is 4.90 Å². The van der Waals surface area contributed by atoms with Crippen molar-refractivity contribution in [1.29, 1.82) is 0 Å². The van der Waals surface area contributed by atoms with E-state index in [0.717, 1.165) is 11.3 Å². The van der Waals surface area contributed by atoms with Crippen LogP contribution in [0.2, 0.25) is 0 Å². The van der Waals surface area contributed by atoms with Gasteiger partial charge in [0, 0.05) is 13.1 Å². The van der Waals surface area contributed by atoms with E-state index >= 15 is 0 Å². The molecule has 0 spiro atoms. The van der Waals surface area contributed by atoms with Crippen LogP contribution in [0.15, 0.2) is 24.3 Å². The van der Waals surface area contributed by atoms with E-state index in [2.05, 4.69) is 0 Å². The van der Waals surface area contributed by atoms with Gasteiger partial charge in [0.05, 0.1) is 6.54 Å². The van der Waals surface area contributed by atoms with Crippen LogP contribution in [0, 0.1) is 6.92 Å². The van der Waals surface area contributed by atoms with Gasteiger partial charge in [0.25, 0.3) is 0 Å². The van der Waals surface area contributed by atoms with Gasteiger partial charge >= 0.3 is 6.18 Å². The first-order chi connectivity index (χ1) is 8.92. The molecular weight excluding hydrogens is 255 g/mol. The van der Waals surface area contributed by atoms with E-state index in [4.69, 9.17) is 4.74 Å². The van der Waals surface area contributed by atoms with Gasteiger partial charge in [0.2, 0.25) is 0 Å². The van der Waals surface area contributed by atoms with Crippen LogP contribution in [0.4, 0.5) is 13.2 Å². The molecule has 0 atom stereocenters. The van der Waals surface area contributed by atoms with Crippen LogP contribution in [0.5, 0.6) is 5.75 Å². The lowest BCUT2D eigenvalue weighted by molar-refractivity contribution is -0.149. The second kappa shape index (κ2) is 5.82. The molecule has 1 aliphatic heterocycles. The Kier molecular flexibility index (Phi) is 4.34. The van der Waals surface area contributed by atoms with Crippen molar-refractivity contribution in [3.63, 3.8) is 0 Å². The van der Waals surface area contributed by atoms with Crippen molar-refractivity contribution < 1.29 is 17.9 Å². The van der Waals surface area contributed by atoms with Crippen molar-refractivity contribution in [3.8, 4) is 5.75 Å². The summed E-state index contributed by atoms with van der Waals surface area (Å²) in [6.45, 7) is 2.07. The highest BCUT2D eigenvalue weighted by Gasteiger charge is 2.32. The molecule has 0 amide bonds. The third kappa shape index (κ3) is 4.74. The number of benzene rings is 1. The number of hydrogen-bond donors (Lipinski definition) is 0. The van der Waals surface area contributed by atoms with Crippen LogP contribution >= 0.6 is 0 Å². The number of rotatable bonds is 3. The van der Waals surface area contributed by atoms with Crippen molar-refractivity contribution >= 4 is 0 Å². The van der Waals surface area contributed by atoms with Crippen LogP contribution in [0.3, 0.4) is 0 Å². The first-order valence-electron chi connectivity index (χ1n) is 6.45. The number of nitrogens with zero attached hydrogens (tertiary/aromatic N) is 1. The maximum atomic E-state index is 12.2. The summed E-state index contributed by atoms with van der Waals surface area (Å²) >= 11 is 0. The third-order valence-corrected chi connectivity index (χ3v) is 3.26. The number of piperidine rings is 1. The maximum Gasteiger partial charge on any atom is 0.401 e. The minimum Gasteiger partial charge on any atom is -0.490 e. The van der Waals surface area contributed by atoms with Crippen LogP contribution < -0.4 is 4.74 Å². The normalized spacial score (nSPS) is 18.5. The van der Waals surface area contributed by atoms with Crippen molar-refractivity contribution in [2.45, 2.75) is 32.0 Å². The molecule has 0 N–H and O–H groups in total. The Balaban J connectivity index is 1.79. The molecule has 1 saturated heterocycles. The minimum absolute atomic E-state index is 0.0205. The third-order valence-electron chi connectivity index (χ3n) is 3.26. The topological polar surface area (TPSA) is 12.5 Å². The van der Waals surface area contributed by atoms with Gasteiger partial charge in [-0.25, -0.2) is 0 Å². The van der Waals surface area contributed by atoms with E-state index in [0.29, 0.717) is 25.9 Å².